The molecule has 0 bridgehead atoms. The van der Waals surface area contributed by atoms with E-state index in [2.05, 4.69) is 0 Å². The van der Waals surface area contributed by atoms with Gasteiger partial charge in [-0.2, -0.15) is 0 Å². The molecule has 0 spiro atoms. The van der Waals surface area contributed by atoms with Gasteiger partial charge in [-0.15, -0.1) is 0 Å². The smallest absolute Gasteiger partial charge is 0.335 e. The van der Waals surface area contributed by atoms with Crippen LogP contribution >= 0.6 is 0 Å². The number of nitro groups is 1. The Labute approximate surface area is 96.4 Å². The third kappa shape index (κ3) is 3.51. The molecule has 0 heterocycles. The van der Waals surface area contributed by atoms with Gasteiger partial charge in [-0.1, -0.05) is 0 Å². The molecule has 92 valence electrons. The highest BCUT2D eigenvalue weighted by Crippen LogP contribution is 2.21. The predicted octanol–water partition coefficient (Wildman–Crippen LogP) is 0.802. The lowest BCUT2D eigenvalue weighted by Crippen LogP contribution is -2.04. The van der Waals surface area contributed by atoms with Gasteiger partial charge in [0.1, 0.15) is 0 Å². The highest BCUT2D eigenvalue weighted by molar-refractivity contribution is 5.88. The average Bonchev–Trinajstić information content (AvgIpc) is 2.29. The third-order valence-electron chi connectivity index (χ3n) is 2.02. The molecule has 0 atom stereocenters. The Morgan fingerprint density at radius 3 is 2.71 bits per heavy atom. The van der Waals surface area contributed by atoms with Crippen LogP contribution in [0.15, 0.2) is 18.2 Å². The van der Waals surface area contributed by atoms with Crippen LogP contribution in [0, 0.1) is 10.1 Å². The Kier molecular flexibility index (Phi) is 4.56. The van der Waals surface area contributed by atoms with Gasteiger partial charge in [-0.3, -0.25) is 10.1 Å². The minimum Gasteiger partial charge on any atom is -0.478 e. The van der Waals surface area contributed by atoms with Crippen LogP contribution in [0.1, 0.15) is 15.9 Å². The van der Waals surface area contributed by atoms with Crippen LogP contribution in [0.4, 0.5) is 5.69 Å². The van der Waals surface area contributed by atoms with Gasteiger partial charge in [0.2, 0.25) is 0 Å². The number of rotatable bonds is 6. The fraction of sp³-hybridized carbons (Fsp3) is 0.300. The molecule has 0 aromatic heterocycles. The van der Waals surface area contributed by atoms with Crippen molar-refractivity contribution in [2.45, 2.75) is 6.61 Å². The quantitative estimate of drug-likeness (QED) is 0.433. The molecule has 1 rings (SSSR count). The van der Waals surface area contributed by atoms with Crippen LogP contribution in [0.3, 0.4) is 0 Å². The number of aromatic carboxylic acids is 1. The monoisotopic (exact) mass is 241 g/mol. The number of hydrogen-bond acceptors (Lipinski definition) is 5. The Balaban J connectivity index is 2.96. The molecule has 0 fully saturated rings. The molecular formula is C10H11NO6. The summed E-state index contributed by atoms with van der Waals surface area (Å²) in [6, 6.07) is 3.59. The van der Waals surface area contributed by atoms with Crippen LogP contribution in [0.25, 0.3) is 0 Å². The maximum absolute atomic E-state index is 10.7. The zero-order chi connectivity index (χ0) is 12.8. The summed E-state index contributed by atoms with van der Waals surface area (Å²) in [6.07, 6.45) is 0. The number of carboxylic acid groups (broad SMARTS) is 1. The SMILES string of the molecule is O=C(O)c1ccc(COCCO)c([N+](=O)[O-])c1. The van der Waals surface area contributed by atoms with Gasteiger partial charge in [0.15, 0.2) is 0 Å². The topological polar surface area (TPSA) is 110 Å². The van der Waals surface area contributed by atoms with Crippen molar-refractivity contribution in [3.8, 4) is 0 Å². The number of aliphatic hydroxyl groups excluding tert-OH is 1. The molecule has 7 heteroatoms. The van der Waals surface area contributed by atoms with E-state index >= 15 is 0 Å². The van der Waals surface area contributed by atoms with Crippen molar-refractivity contribution < 1.29 is 24.7 Å². The van der Waals surface area contributed by atoms with E-state index in [-0.39, 0.29) is 36.6 Å². The summed E-state index contributed by atoms with van der Waals surface area (Å²) in [7, 11) is 0. The molecular weight excluding hydrogens is 230 g/mol. The molecule has 0 saturated carbocycles. The lowest BCUT2D eigenvalue weighted by atomic mass is 10.1. The first-order valence-electron chi connectivity index (χ1n) is 4.75. The number of carboxylic acids is 1. The van der Waals surface area contributed by atoms with Gasteiger partial charge >= 0.3 is 5.97 Å². The molecule has 1 aromatic rings. The first-order valence-corrected chi connectivity index (χ1v) is 4.75. The maximum Gasteiger partial charge on any atom is 0.335 e. The number of nitrogens with zero attached hydrogens (tertiary/aromatic N) is 1. The van der Waals surface area contributed by atoms with E-state index in [9.17, 15) is 14.9 Å². The molecule has 0 aliphatic carbocycles. The second-order valence-electron chi connectivity index (χ2n) is 3.18. The van der Waals surface area contributed by atoms with E-state index in [4.69, 9.17) is 14.9 Å². The minimum atomic E-state index is -1.23. The average molecular weight is 241 g/mol. The Morgan fingerprint density at radius 1 is 1.47 bits per heavy atom. The highest BCUT2D eigenvalue weighted by atomic mass is 16.6. The Bertz CT molecular complexity index is 431. The third-order valence-corrected chi connectivity index (χ3v) is 2.02. The first kappa shape index (κ1) is 13.1. The van der Waals surface area contributed by atoms with Crippen LogP contribution in [0.2, 0.25) is 0 Å². The zero-order valence-corrected chi connectivity index (χ0v) is 8.83. The Morgan fingerprint density at radius 2 is 2.18 bits per heavy atom. The molecule has 0 unspecified atom stereocenters. The summed E-state index contributed by atoms with van der Waals surface area (Å²) in [6.45, 7) is -0.157. The lowest BCUT2D eigenvalue weighted by molar-refractivity contribution is -0.386. The summed E-state index contributed by atoms with van der Waals surface area (Å²) >= 11 is 0. The second kappa shape index (κ2) is 5.92. The molecule has 0 radical (unpaired) electrons. The van der Waals surface area contributed by atoms with Crippen molar-refractivity contribution >= 4 is 11.7 Å². The number of ether oxygens (including phenoxy) is 1. The summed E-state index contributed by atoms with van der Waals surface area (Å²) in [4.78, 5) is 20.7. The van der Waals surface area contributed by atoms with Gasteiger partial charge in [-0.25, -0.2) is 4.79 Å². The zero-order valence-electron chi connectivity index (χ0n) is 8.83. The molecule has 1 aromatic carbocycles. The summed E-state index contributed by atoms with van der Waals surface area (Å²) in [5.74, 6) is -1.23. The number of carbonyl (C=O) groups is 1. The second-order valence-corrected chi connectivity index (χ2v) is 3.18. The van der Waals surface area contributed by atoms with E-state index in [1.54, 1.807) is 0 Å². The van der Waals surface area contributed by atoms with Gasteiger partial charge in [0.25, 0.3) is 5.69 Å². The summed E-state index contributed by atoms with van der Waals surface area (Å²) in [5.41, 5.74) is -0.182. The van der Waals surface area contributed by atoms with Crippen LogP contribution < -0.4 is 0 Å². The van der Waals surface area contributed by atoms with Gasteiger partial charge in [0.05, 0.1) is 35.9 Å². The predicted molar refractivity (Wildman–Crippen MR) is 56.8 cm³/mol. The number of nitro benzene ring substituents is 1. The van der Waals surface area contributed by atoms with Crippen LogP contribution in [0.5, 0.6) is 0 Å². The molecule has 2 N–H and O–H groups in total. The molecule has 0 aliphatic rings. The van der Waals surface area contributed by atoms with Crippen molar-refractivity contribution in [2.24, 2.45) is 0 Å². The molecule has 0 amide bonds. The normalized spacial score (nSPS) is 10.2. The highest BCUT2D eigenvalue weighted by Gasteiger charge is 2.16. The van der Waals surface area contributed by atoms with Crippen LogP contribution in [-0.2, 0) is 11.3 Å². The maximum atomic E-state index is 10.7. The van der Waals surface area contributed by atoms with Crippen molar-refractivity contribution in [3.05, 3.63) is 39.4 Å². The lowest BCUT2D eigenvalue weighted by Gasteiger charge is -2.04. The van der Waals surface area contributed by atoms with Gasteiger partial charge in [0, 0.05) is 6.07 Å². The van der Waals surface area contributed by atoms with Crippen molar-refractivity contribution in [3.63, 3.8) is 0 Å². The van der Waals surface area contributed by atoms with E-state index < -0.39 is 10.9 Å². The Hall–Kier alpha value is -1.99. The van der Waals surface area contributed by atoms with E-state index in [1.807, 2.05) is 0 Å². The molecule has 0 saturated heterocycles. The fourth-order valence-corrected chi connectivity index (χ4v) is 1.24. The summed E-state index contributed by atoms with van der Waals surface area (Å²) in [5, 5.41) is 27.9. The fourth-order valence-electron chi connectivity index (χ4n) is 1.24. The van der Waals surface area contributed by atoms with Crippen LogP contribution in [-0.4, -0.2) is 34.3 Å². The minimum absolute atomic E-state index is 0.0449. The largest absolute Gasteiger partial charge is 0.478 e. The number of benzene rings is 1. The first-order chi connectivity index (χ1) is 8.06. The van der Waals surface area contributed by atoms with Crippen molar-refractivity contribution in [2.75, 3.05) is 13.2 Å². The standard InChI is InChI=1S/C10H11NO6/c12-3-4-17-6-8-2-1-7(10(13)14)5-9(8)11(15)16/h1-2,5,12H,3-4,6H2,(H,13,14). The molecule has 7 nitrogen and oxygen atoms in total. The van der Waals surface area contributed by atoms with Gasteiger partial charge in [-0.05, 0) is 12.1 Å². The van der Waals surface area contributed by atoms with Crippen molar-refractivity contribution in [1.82, 2.24) is 0 Å². The van der Waals surface area contributed by atoms with E-state index in [0.29, 0.717) is 0 Å². The van der Waals surface area contributed by atoms with Gasteiger partial charge < -0.3 is 14.9 Å². The number of aliphatic hydroxyl groups is 1. The van der Waals surface area contributed by atoms with Crippen molar-refractivity contribution in [1.29, 1.82) is 0 Å². The molecule has 17 heavy (non-hydrogen) atoms. The van der Waals surface area contributed by atoms with E-state index in [1.165, 1.54) is 12.1 Å². The number of hydrogen-bond donors (Lipinski definition) is 2. The summed E-state index contributed by atoms with van der Waals surface area (Å²) < 4.78 is 4.96. The van der Waals surface area contributed by atoms with E-state index in [0.717, 1.165) is 6.07 Å². The molecule has 0 aliphatic heterocycles.